The first-order chi connectivity index (χ1) is 10.1. The zero-order valence-corrected chi connectivity index (χ0v) is 13.6. The number of piperidine rings is 1. The van der Waals surface area contributed by atoms with Gasteiger partial charge in [-0.15, -0.1) is 12.4 Å². The number of benzene rings is 1. The molecule has 0 spiro atoms. The van der Waals surface area contributed by atoms with Gasteiger partial charge in [0.2, 0.25) is 5.91 Å². The van der Waals surface area contributed by atoms with Crippen LogP contribution in [0, 0.1) is 0 Å². The number of rotatable bonds is 1. The molecule has 2 amide bonds. The Labute approximate surface area is 136 Å². The molecule has 0 radical (unpaired) electrons. The Balaban J connectivity index is 0.00000176. The van der Waals surface area contributed by atoms with E-state index in [1.807, 2.05) is 23.1 Å². The fraction of sp³-hybridized carbons (Fsp3) is 0.500. The minimum Gasteiger partial charge on any atom is -0.339 e. The number of hydrogen-bond acceptors (Lipinski definition) is 3. The Hall–Kier alpha value is -1.59. The van der Waals surface area contributed by atoms with Crippen LogP contribution >= 0.6 is 12.4 Å². The first-order valence-electron chi connectivity index (χ1n) is 7.52. The molecule has 1 aromatic rings. The van der Waals surface area contributed by atoms with Crippen LogP contribution in [0.5, 0.6) is 0 Å². The van der Waals surface area contributed by atoms with Crippen LogP contribution in [0.25, 0.3) is 0 Å². The van der Waals surface area contributed by atoms with Gasteiger partial charge in [-0.3, -0.25) is 9.59 Å². The number of hydrogen-bond donors (Lipinski definition) is 1. The molecule has 0 aliphatic carbocycles. The summed E-state index contributed by atoms with van der Waals surface area (Å²) in [5.41, 5.74) is 8.63. The summed E-state index contributed by atoms with van der Waals surface area (Å²) in [5, 5.41) is 0. The number of carbonyl (C=O) groups excluding carboxylic acids is 2. The van der Waals surface area contributed by atoms with Crippen molar-refractivity contribution in [2.24, 2.45) is 5.73 Å². The van der Waals surface area contributed by atoms with E-state index in [1.54, 1.807) is 11.8 Å². The maximum atomic E-state index is 12.5. The SMILES string of the molecule is CC(=O)N1CCc2cc(C(=O)N3CCC(N)CC3)ccc21.Cl. The normalized spacial score (nSPS) is 17.9. The van der Waals surface area contributed by atoms with Crippen LogP contribution in [-0.4, -0.2) is 42.4 Å². The van der Waals surface area contributed by atoms with Gasteiger partial charge in [-0.25, -0.2) is 0 Å². The third kappa shape index (κ3) is 3.10. The molecule has 1 fully saturated rings. The lowest BCUT2D eigenvalue weighted by Gasteiger charge is -2.30. The van der Waals surface area contributed by atoms with Gasteiger partial charge in [-0.05, 0) is 43.0 Å². The second-order valence-corrected chi connectivity index (χ2v) is 5.89. The van der Waals surface area contributed by atoms with E-state index in [9.17, 15) is 9.59 Å². The molecule has 0 aromatic heterocycles. The third-order valence-corrected chi connectivity index (χ3v) is 4.43. The average molecular weight is 324 g/mol. The lowest BCUT2D eigenvalue weighted by molar-refractivity contribution is -0.116. The van der Waals surface area contributed by atoms with Crippen LogP contribution in [0.3, 0.4) is 0 Å². The molecular formula is C16H22ClN3O2. The van der Waals surface area contributed by atoms with E-state index in [-0.39, 0.29) is 30.3 Å². The number of anilines is 1. The Kier molecular flexibility index (Phi) is 5.08. The fourth-order valence-electron chi connectivity index (χ4n) is 3.15. The molecule has 5 nitrogen and oxygen atoms in total. The van der Waals surface area contributed by atoms with E-state index in [0.717, 1.165) is 49.2 Å². The smallest absolute Gasteiger partial charge is 0.253 e. The van der Waals surface area contributed by atoms with Crippen LogP contribution in [-0.2, 0) is 11.2 Å². The summed E-state index contributed by atoms with van der Waals surface area (Å²) < 4.78 is 0. The van der Waals surface area contributed by atoms with Gasteiger partial charge in [0.25, 0.3) is 5.91 Å². The maximum Gasteiger partial charge on any atom is 0.253 e. The quantitative estimate of drug-likeness (QED) is 0.853. The minimum absolute atomic E-state index is 0. The highest BCUT2D eigenvalue weighted by Gasteiger charge is 2.25. The fourth-order valence-corrected chi connectivity index (χ4v) is 3.15. The van der Waals surface area contributed by atoms with E-state index < -0.39 is 0 Å². The molecule has 2 N–H and O–H groups in total. The van der Waals surface area contributed by atoms with Gasteiger partial charge in [-0.2, -0.15) is 0 Å². The first-order valence-corrected chi connectivity index (χ1v) is 7.52. The van der Waals surface area contributed by atoms with Crippen molar-refractivity contribution in [3.63, 3.8) is 0 Å². The van der Waals surface area contributed by atoms with Gasteiger partial charge in [0.05, 0.1) is 0 Å². The van der Waals surface area contributed by atoms with E-state index in [2.05, 4.69) is 0 Å². The molecule has 0 saturated carbocycles. The second-order valence-electron chi connectivity index (χ2n) is 5.89. The third-order valence-electron chi connectivity index (χ3n) is 4.43. The van der Waals surface area contributed by atoms with E-state index in [0.29, 0.717) is 6.54 Å². The van der Waals surface area contributed by atoms with Crippen molar-refractivity contribution in [3.8, 4) is 0 Å². The number of nitrogens with two attached hydrogens (primary N) is 1. The van der Waals surface area contributed by atoms with Gasteiger partial charge < -0.3 is 15.5 Å². The molecule has 3 rings (SSSR count). The zero-order chi connectivity index (χ0) is 15.0. The number of halogens is 1. The largest absolute Gasteiger partial charge is 0.339 e. The highest BCUT2D eigenvalue weighted by Crippen LogP contribution is 2.29. The summed E-state index contributed by atoms with van der Waals surface area (Å²) in [6.07, 6.45) is 2.56. The summed E-state index contributed by atoms with van der Waals surface area (Å²) in [5.74, 6) is 0.129. The molecule has 0 bridgehead atoms. The van der Waals surface area contributed by atoms with Crippen LogP contribution in [0.4, 0.5) is 5.69 Å². The van der Waals surface area contributed by atoms with Crippen LogP contribution in [0.15, 0.2) is 18.2 Å². The molecule has 22 heavy (non-hydrogen) atoms. The number of nitrogens with zero attached hydrogens (tertiary/aromatic N) is 2. The number of amides is 2. The second kappa shape index (κ2) is 6.67. The van der Waals surface area contributed by atoms with Crippen molar-refractivity contribution in [2.45, 2.75) is 32.2 Å². The predicted molar refractivity (Wildman–Crippen MR) is 88.5 cm³/mol. The maximum absolute atomic E-state index is 12.5. The Morgan fingerprint density at radius 1 is 1.18 bits per heavy atom. The molecule has 6 heteroatoms. The monoisotopic (exact) mass is 323 g/mol. The summed E-state index contributed by atoms with van der Waals surface area (Å²) >= 11 is 0. The van der Waals surface area contributed by atoms with Gasteiger partial charge in [0.1, 0.15) is 0 Å². The molecule has 120 valence electrons. The molecule has 1 aromatic carbocycles. The standard InChI is InChI=1S/C16H21N3O2.ClH/c1-11(20)19-9-4-12-10-13(2-3-15(12)19)16(21)18-7-5-14(17)6-8-18;/h2-3,10,14H,4-9,17H2,1H3;1H. The molecule has 2 heterocycles. The lowest BCUT2D eigenvalue weighted by atomic mass is 10.0. The van der Waals surface area contributed by atoms with Crippen molar-refractivity contribution in [1.29, 1.82) is 0 Å². The van der Waals surface area contributed by atoms with E-state index in [1.165, 1.54) is 0 Å². The van der Waals surface area contributed by atoms with Crippen LogP contribution < -0.4 is 10.6 Å². The molecule has 2 aliphatic heterocycles. The van der Waals surface area contributed by atoms with E-state index >= 15 is 0 Å². The topological polar surface area (TPSA) is 66.6 Å². The molecule has 1 saturated heterocycles. The summed E-state index contributed by atoms with van der Waals surface area (Å²) in [4.78, 5) is 27.7. The van der Waals surface area contributed by atoms with E-state index in [4.69, 9.17) is 5.73 Å². The van der Waals surface area contributed by atoms with Gasteiger partial charge >= 0.3 is 0 Å². The molecule has 2 aliphatic rings. The van der Waals surface area contributed by atoms with Crippen LogP contribution in [0.1, 0.15) is 35.7 Å². The highest BCUT2D eigenvalue weighted by molar-refractivity contribution is 5.97. The number of fused-ring (bicyclic) bond motifs is 1. The number of carbonyl (C=O) groups is 2. The number of likely N-dealkylation sites (tertiary alicyclic amines) is 1. The van der Waals surface area contributed by atoms with Gasteiger partial charge in [0, 0.05) is 43.9 Å². The lowest BCUT2D eigenvalue weighted by Crippen LogP contribution is -2.42. The Bertz CT molecular complexity index is 583. The Morgan fingerprint density at radius 2 is 1.86 bits per heavy atom. The van der Waals surface area contributed by atoms with Crippen molar-refractivity contribution in [3.05, 3.63) is 29.3 Å². The molecule has 0 unspecified atom stereocenters. The van der Waals surface area contributed by atoms with Crippen molar-refractivity contribution >= 4 is 29.9 Å². The average Bonchev–Trinajstić information content (AvgIpc) is 2.90. The summed E-state index contributed by atoms with van der Waals surface area (Å²) in [6.45, 7) is 3.75. The highest BCUT2D eigenvalue weighted by atomic mass is 35.5. The van der Waals surface area contributed by atoms with Crippen molar-refractivity contribution in [1.82, 2.24) is 4.90 Å². The van der Waals surface area contributed by atoms with Crippen molar-refractivity contribution in [2.75, 3.05) is 24.5 Å². The van der Waals surface area contributed by atoms with Gasteiger partial charge in [0.15, 0.2) is 0 Å². The first kappa shape index (κ1) is 16.8. The predicted octanol–water partition coefficient (Wildman–Crippen LogP) is 1.58. The molecule has 0 atom stereocenters. The zero-order valence-electron chi connectivity index (χ0n) is 12.7. The molecular weight excluding hydrogens is 302 g/mol. The minimum atomic E-state index is 0. The Morgan fingerprint density at radius 3 is 2.50 bits per heavy atom. The summed E-state index contributed by atoms with van der Waals surface area (Å²) in [6, 6.07) is 5.89. The van der Waals surface area contributed by atoms with Crippen LogP contribution in [0.2, 0.25) is 0 Å². The van der Waals surface area contributed by atoms with Crippen molar-refractivity contribution < 1.29 is 9.59 Å². The van der Waals surface area contributed by atoms with Gasteiger partial charge in [-0.1, -0.05) is 0 Å². The summed E-state index contributed by atoms with van der Waals surface area (Å²) in [7, 11) is 0.